The Kier molecular flexibility index (Phi) is 5.00. The molecule has 0 bridgehead atoms. The van der Waals surface area contributed by atoms with Gasteiger partial charge in [0.05, 0.1) is 23.1 Å². The first-order valence-corrected chi connectivity index (χ1v) is 6.47. The Balaban J connectivity index is 2.89. The summed E-state index contributed by atoms with van der Waals surface area (Å²) in [6.45, 7) is 7.60. The van der Waals surface area contributed by atoms with E-state index in [1.54, 1.807) is 6.92 Å². The number of halogens is 1. The van der Waals surface area contributed by atoms with Gasteiger partial charge < -0.3 is 20.9 Å². The quantitative estimate of drug-likeness (QED) is 0.695. The summed E-state index contributed by atoms with van der Waals surface area (Å²) < 4.78 is 19.0. The Labute approximate surface area is 113 Å². The molecule has 0 saturated carbocycles. The topological polar surface area (TPSA) is 67.5 Å². The lowest BCUT2D eigenvalue weighted by atomic mass is 10.0. The molecule has 1 unspecified atom stereocenters. The minimum Gasteiger partial charge on any atom is -0.488 e. The molecule has 0 amide bonds. The fraction of sp³-hybridized carbons (Fsp3) is 0.571. The van der Waals surface area contributed by atoms with Gasteiger partial charge in [0, 0.05) is 18.7 Å². The number of anilines is 2. The zero-order valence-electron chi connectivity index (χ0n) is 12.0. The SMILES string of the molecule is CCC(C)(O)CNc1cc(OC(C)C)c(F)cc1N. The summed E-state index contributed by atoms with van der Waals surface area (Å²) >= 11 is 0. The van der Waals surface area contributed by atoms with Crippen LogP contribution in [0.15, 0.2) is 12.1 Å². The zero-order valence-corrected chi connectivity index (χ0v) is 12.0. The van der Waals surface area contributed by atoms with E-state index in [2.05, 4.69) is 5.32 Å². The zero-order chi connectivity index (χ0) is 14.6. The number of rotatable bonds is 6. The van der Waals surface area contributed by atoms with E-state index in [0.29, 0.717) is 24.3 Å². The molecule has 19 heavy (non-hydrogen) atoms. The number of aliphatic hydroxyl groups is 1. The van der Waals surface area contributed by atoms with Crippen LogP contribution in [0.4, 0.5) is 15.8 Å². The number of hydrogen-bond donors (Lipinski definition) is 3. The molecule has 5 heteroatoms. The average molecular weight is 270 g/mol. The van der Waals surface area contributed by atoms with Crippen molar-refractivity contribution in [3.05, 3.63) is 17.9 Å². The van der Waals surface area contributed by atoms with Crippen LogP contribution in [0.2, 0.25) is 0 Å². The number of hydrogen-bond acceptors (Lipinski definition) is 4. The highest BCUT2D eigenvalue weighted by Crippen LogP contribution is 2.29. The molecule has 1 rings (SSSR count). The molecule has 0 aliphatic carbocycles. The first kappa shape index (κ1) is 15.6. The second-order valence-electron chi connectivity index (χ2n) is 5.24. The maximum atomic E-state index is 13.6. The molecule has 4 nitrogen and oxygen atoms in total. The fourth-order valence-electron chi connectivity index (χ4n) is 1.48. The molecule has 1 aromatic rings. The number of nitrogens with one attached hydrogen (secondary N) is 1. The smallest absolute Gasteiger partial charge is 0.167 e. The van der Waals surface area contributed by atoms with Crippen molar-refractivity contribution in [1.29, 1.82) is 0 Å². The minimum atomic E-state index is -0.833. The Morgan fingerprint density at radius 2 is 2.11 bits per heavy atom. The summed E-state index contributed by atoms with van der Waals surface area (Å²) in [7, 11) is 0. The standard InChI is InChI=1S/C14H23FN2O2/c1-5-14(4,18)8-17-12-7-13(19-9(2)3)10(15)6-11(12)16/h6-7,9,17-18H,5,8,16H2,1-4H3. The molecule has 0 spiro atoms. The van der Waals surface area contributed by atoms with E-state index < -0.39 is 11.4 Å². The van der Waals surface area contributed by atoms with E-state index in [0.717, 1.165) is 0 Å². The summed E-state index contributed by atoms with van der Waals surface area (Å²) in [5.41, 5.74) is 5.77. The van der Waals surface area contributed by atoms with Gasteiger partial charge in [-0.15, -0.1) is 0 Å². The van der Waals surface area contributed by atoms with Crippen LogP contribution in [0.25, 0.3) is 0 Å². The average Bonchev–Trinajstić information content (AvgIpc) is 2.30. The molecule has 0 saturated heterocycles. The first-order chi connectivity index (χ1) is 8.75. The van der Waals surface area contributed by atoms with Crippen molar-refractivity contribution in [2.45, 2.75) is 45.8 Å². The molecule has 1 aromatic carbocycles. The monoisotopic (exact) mass is 270 g/mol. The van der Waals surface area contributed by atoms with Gasteiger partial charge in [0.2, 0.25) is 0 Å². The van der Waals surface area contributed by atoms with E-state index in [1.807, 2.05) is 20.8 Å². The summed E-state index contributed by atoms with van der Waals surface area (Å²) in [6, 6.07) is 2.75. The number of benzene rings is 1. The van der Waals surface area contributed by atoms with Crippen molar-refractivity contribution in [3.8, 4) is 5.75 Å². The highest BCUT2D eigenvalue weighted by atomic mass is 19.1. The molecular weight excluding hydrogens is 247 g/mol. The number of ether oxygens (including phenoxy) is 1. The third kappa shape index (κ3) is 4.59. The van der Waals surface area contributed by atoms with Gasteiger partial charge in [-0.2, -0.15) is 0 Å². The van der Waals surface area contributed by atoms with E-state index >= 15 is 0 Å². The summed E-state index contributed by atoms with van der Waals surface area (Å²) in [5.74, 6) is -0.332. The molecular formula is C14H23FN2O2. The van der Waals surface area contributed by atoms with Gasteiger partial charge in [-0.1, -0.05) is 6.92 Å². The summed E-state index contributed by atoms with van der Waals surface area (Å²) in [6.07, 6.45) is 0.487. The molecule has 0 radical (unpaired) electrons. The van der Waals surface area contributed by atoms with Crippen molar-refractivity contribution >= 4 is 11.4 Å². The van der Waals surface area contributed by atoms with Crippen LogP contribution >= 0.6 is 0 Å². The maximum absolute atomic E-state index is 13.6. The molecule has 0 aliphatic heterocycles. The van der Waals surface area contributed by atoms with Gasteiger partial charge in [0.1, 0.15) is 0 Å². The van der Waals surface area contributed by atoms with Gasteiger partial charge in [-0.25, -0.2) is 4.39 Å². The van der Waals surface area contributed by atoms with Crippen LogP contribution in [-0.2, 0) is 0 Å². The molecule has 0 heterocycles. The van der Waals surface area contributed by atoms with Crippen LogP contribution in [0, 0.1) is 5.82 Å². The van der Waals surface area contributed by atoms with Crippen molar-refractivity contribution in [2.75, 3.05) is 17.6 Å². The predicted octanol–water partition coefficient (Wildman–Crippen LogP) is 2.77. The Morgan fingerprint density at radius 1 is 1.47 bits per heavy atom. The number of nitrogens with two attached hydrogens (primary N) is 1. The third-order valence-electron chi connectivity index (χ3n) is 2.89. The first-order valence-electron chi connectivity index (χ1n) is 6.47. The van der Waals surface area contributed by atoms with E-state index in [1.165, 1.54) is 12.1 Å². The maximum Gasteiger partial charge on any atom is 0.167 e. The largest absolute Gasteiger partial charge is 0.488 e. The highest BCUT2D eigenvalue weighted by molar-refractivity contribution is 5.68. The summed E-state index contributed by atoms with van der Waals surface area (Å²) in [4.78, 5) is 0. The minimum absolute atomic E-state index is 0.121. The molecule has 1 atom stereocenters. The Hall–Kier alpha value is -1.49. The van der Waals surface area contributed by atoms with Crippen LogP contribution in [0.3, 0.4) is 0 Å². The Morgan fingerprint density at radius 3 is 2.63 bits per heavy atom. The summed E-state index contributed by atoms with van der Waals surface area (Å²) in [5, 5.41) is 13.0. The van der Waals surface area contributed by atoms with Gasteiger partial charge in [0.15, 0.2) is 11.6 Å². The molecule has 0 aliphatic rings. The van der Waals surface area contributed by atoms with E-state index in [-0.39, 0.29) is 11.9 Å². The van der Waals surface area contributed by atoms with Crippen LogP contribution in [-0.4, -0.2) is 23.4 Å². The van der Waals surface area contributed by atoms with Crippen molar-refractivity contribution in [1.82, 2.24) is 0 Å². The molecule has 0 aromatic heterocycles. The predicted molar refractivity (Wildman–Crippen MR) is 76.0 cm³/mol. The van der Waals surface area contributed by atoms with Crippen LogP contribution < -0.4 is 15.8 Å². The number of nitrogen functional groups attached to an aromatic ring is 1. The van der Waals surface area contributed by atoms with Crippen molar-refractivity contribution in [3.63, 3.8) is 0 Å². The lowest BCUT2D eigenvalue weighted by molar-refractivity contribution is 0.0697. The molecule has 0 fully saturated rings. The lowest BCUT2D eigenvalue weighted by Gasteiger charge is -2.23. The van der Waals surface area contributed by atoms with Crippen molar-refractivity contribution in [2.24, 2.45) is 0 Å². The third-order valence-corrected chi connectivity index (χ3v) is 2.89. The molecule has 4 N–H and O–H groups in total. The highest BCUT2D eigenvalue weighted by Gasteiger charge is 2.18. The second kappa shape index (κ2) is 6.10. The van der Waals surface area contributed by atoms with Gasteiger partial charge in [-0.3, -0.25) is 0 Å². The second-order valence-corrected chi connectivity index (χ2v) is 5.24. The Bertz CT molecular complexity index is 434. The lowest BCUT2D eigenvalue weighted by Crippen LogP contribution is -2.32. The van der Waals surface area contributed by atoms with Gasteiger partial charge >= 0.3 is 0 Å². The van der Waals surface area contributed by atoms with Crippen LogP contribution in [0.5, 0.6) is 5.75 Å². The van der Waals surface area contributed by atoms with E-state index in [4.69, 9.17) is 10.5 Å². The van der Waals surface area contributed by atoms with Gasteiger partial charge in [0.25, 0.3) is 0 Å². The molecule has 108 valence electrons. The normalized spacial score (nSPS) is 14.3. The van der Waals surface area contributed by atoms with Crippen LogP contribution in [0.1, 0.15) is 34.1 Å². The van der Waals surface area contributed by atoms with Crippen molar-refractivity contribution < 1.29 is 14.2 Å². The van der Waals surface area contributed by atoms with E-state index in [9.17, 15) is 9.50 Å². The van der Waals surface area contributed by atoms with Gasteiger partial charge in [-0.05, 0) is 27.2 Å². The fourth-order valence-corrected chi connectivity index (χ4v) is 1.48.